The van der Waals surface area contributed by atoms with Crippen LogP contribution in [0.2, 0.25) is 0 Å². The number of carbonyl (C=O) groups is 2. The predicted molar refractivity (Wildman–Crippen MR) is 134 cm³/mol. The Bertz CT molecular complexity index is 1480. The van der Waals surface area contributed by atoms with Crippen LogP contribution in [-0.2, 0) is 19.6 Å². The van der Waals surface area contributed by atoms with Crippen molar-refractivity contribution < 1.29 is 18.0 Å². The lowest BCUT2D eigenvalue weighted by atomic mass is 10.1. The average molecular weight is 512 g/mol. The summed E-state index contributed by atoms with van der Waals surface area (Å²) in [6, 6.07) is 12.7. The molecule has 180 valence electrons. The van der Waals surface area contributed by atoms with Gasteiger partial charge in [-0.1, -0.05) is 23.7 Å². The number of nitrogens with one attached hydrogen (secondary N) is 2. The lowest BCUT2D eigenvalue weighted by Gasteiger charge is -2.18. The maximum atomic E-state index is 13.1. The first-order valence-electron chi connectivity index (χ1n) is 10.5. The fourth-order valence-corrected chi connectivity index (χ4v) is 4.78. The van der Waals surface area contributed by atoms with E-state index in [1.165, 1.54) is 24.3 Å². The first kappa shape index (κ1) is 24.4. The molecule has 2 amide bonds. The number of carbonyl (C=O) groups excluding carboxylic acids is 2. The molecule has 1 aliphatic heterocycles. The number of amides is 2. The molecule has 9 nitrogen and oxygen atoms in total. The number of sulfonamides is 1. The van der Waals surface area contributed by atoms with Gasteiger partial charge in [0, 0.05) is 17.1 Å². The quantitative estimate of drug-likeness (QED) is 0.480. The fourth-order valence-electron chi connectivity index (χ4n) is 3.62. The molecule has 0 fully saturated rings. The summed E-state index contributed by atoms with van der Waals surface area (Å²) in [6.07, 6.45) is 0. The minimum Gasteiger partial charge on any atom is -0.350 e. The Balaban J connectivity index is 1.55. The molecular formula is C24H22ClN5O4S. The highest BCUT2D eigenvalue weighted by Crippen LogP contribution is 2.33. The second kappa shape index (κ2) is 9.12. The first-order chi connectivity index (χ1) is 16.5. The zero-order valence-corrected chi connectivity index (χ0v) is 21.0. The van der Waals surface area contributed by atoms with Crippen molar-refractivity contribution in [2.75, 3.05) is 14.9 Å². The number of aryl methyl sites for hydroxylation is 3. The van der Waals surface area contributed by atoms with Gasteiger partial charge in [-0.3, -0.25) is 9.59 Å². The molecule has 2 heterocycles. The summed E-state index contributed by atoms with van der Waals surface area (Å²) in [5, 5.41) is 2.59. The molecule has 2 N–H and O–H groups in total. The van der Waals surface area contributed by atoms with Crippen LogP contribution < -0.4 is 14.9 Å². The van der Waals surface area contributed by atoms with Crippen molar-refractivity contribution in [2.45, 2.75) is 32.6 Å². The highest BCUT2D eigenvalue weighted by Gasteiger charge is 2.39. The van der Waals surface area contributed by atoms with Crippen LogP contribution in [-0.4, -0.2) is 30.2 Å². The Morgan fingerprint density at radius 2 is 1.51 bits per heavy atom. The number of imide groups is 1. The normalized spacial score (nSPS) is 14.0. The van der Waals surface area contributed by atoms with Gasteiger partial charge < -0.3 is 5.32 Å². The lowest BCUT2D eigenvalue weighted by molar-refractivity contribution is -0.120. The third-order valence-electron chi connectivity index (χ3n) is 5.49. The maximum absolute atomic E-state index is 13.1. The van der Waals surface area contributed by atoms with Crippen molar-refractivity contribution in [1.29, 1.82) is 0 Å². The molecule has 0 atom stereocenters. The molecule has 0 unspecified atom stereocenters. The Kier molecular flexibility index (Phi) is 6.35. The Morgan fingerprint density at radius 1 is 0.886 bits per heavy atom. The van der Waals surface area contributed by atoms with Gasteiger partial charge in [-0.05, 0) is 75.2 Å². The summed E-state index contributed by atoms with van der Waals surface area (Å²) in [4.78, 5) is 35.0. The molecule has 0 bridgehead atoms. The molecule has 35 heavy (non-hydrogen) atoms. The van der Waals surface area contributed by atoms with Crippen LogP contribution in [0.4, 0.5) is 17.3 Å². The molecule has 0 saturated heterocycles. The van der Waals surface area contributed by atoms with Gasteiger partial charge >= 0.3 is 0 Å². The number of rotatable bonds is 6. The van der Waals surface area contributed by atoms with Crippen LogP contribution >= 0.6 is 11.6 Å². The second-order valence-electron chi connectivity index (χ2n) is 8.08. The van der Waals surface area contributed by atoms with Gasteiger partial charge in [-0.25, -0.2) is 28.0 Å². The van der Waals surface area contributed by atoms with Crippen molar-refractivity contribution in [3.8, 4) is 0 Å². The minimum absolute atomic E-state index is 0.0248. The lowest BCUT2D eigenvalue weighted by Crippen LogP contribution is -2.33. The van der Waals surface area contributed by atoms with Crippen LogP contribution in [0, 0.1) is 27.7 Å². The Labute approximate surface area is 207 Å². The standard InChI is InChI=1S/C24H22ClN5O4S/c1-13-6-5-7-19(16(13)4)30-22(31)20(25)21(23(30)32)28-17-8-10-18(11-9-17)35(33,34)29-24-26-14(2)12-15(3)27-24/h5-12,28H,1-4H3,(H,26,27,29). The molecule has 1 aliphatic rings. The van der Waals surface area contributed by atoms with Gasteiger partial charge in [0.2, 0.25) is 5.95 Å². The smallest absolute Gasteiger partial charge is 0.283 e. The predicted octanol–water partition coefficient (Wildman–Crippen LogP) is 3.95. The van der Waals surface area contributed by atoms with E-state index in [4.69, 9.17) is 11.6 Å². The number of benzene rings is 2. The van der Waals surface area contributed by atoms with Gasteiger partial charge in [-0.2, -0.15) is 0 Å². The molecule has 4 rings (SSSR count). The summed E-state index contributed by atoms with van der Waals surface area (Å²) in [5.74, 6) is -1.26. The van der Waals surface area contributed by atoms with Crippen LogP contribution in [0.3, 0.4) is 0 Å². The zero-order chi connectivity index (χ0) is 25.5. The van der Waals surface area contributed by atoms with Crippen LogP contribution in [0.25, 0.3) is 0 Å². The van der Waals surface area contributed by atoms with Crippen LogP contribution in [0.15, 0.2) is 64.2 Å². The molecule has 0 spiro atoms. The minimum atomic E-state index is -3.94. The van der Waals surface area contributed by atoms with E-state index in [2.05, 4.69) is 20.0 Å². The number of aromatic nitrogens is 2. The van der Waals surface area contributed by atoms with Crippen LogP contribution in [0.5, 0.6) is 0 Å². The molecular weight excluding hydrogens is 490 g/mol. The summed E-state index contributed by atoms with van der Waals surface area (Å²) < 4.78 is 27.8. The third kappa shape index (κ3) is 4.75. The summed E-state index contributed by atoms with van der Waals surface area (Å²) in [5.41, 5.74) is 3.72. The number of anilines is 3. The SMILES string of the molecule is Cc1cc(C)nc(NS(=O)(=O)c2ccc(NC3=C(Cl)C(=O)N(c4cccc(C)c4C)C3=O)cc2)n1. The fraction of sp³-hybridized carbons (Fsp3) is 0.167. The van der Waals surface area contributed by atoms with Crippen molar-refractivity contribution in [3.05, 3.63) is 81.8 Å². The van der Waals surface area contributed by atoms with Gasteiger partial charge in [0.1, 0.15) is 10.7 Å². The number of nitrogens with zero attached hydrogens (tertiary/aromatic N) is 3. The first-order valence-corrected chi connectivity index (χ1v) is 12.4. The maximum Gasteiger partial charge on any atom is 0.283 e. The monoisotopic (exact) mass is 511 g/mol. The highest BCUT2D eigenvalue weighted by atomic mass is 35.5. The van der Waals surface area contributed by atoms with Gasteiger partial charge in [-0.15, -0.1) is 0 Å². The zero-order valence-electron chi connectivity index (χ0n) is 19.4. The van der Waals surface area contributed by atoms with E-state index >= 15 is 0 Å². The molecule has 0 radical (unpaired) electrons. The van der Waals surface area contributed by atoms with Gasteiger partial charge in [0.05, 0.1) is 10.6 Å². The molecule has 11 heteroatoms. The van der Waals surface area contributed by atoms with E-state index < -0.39 is 21.8 Å². The van der Waals surface area contributed by atoms with Crippen LogP contribution in [0.1, 0.15) is 22.5 Å². The largest absolute Gasteiger partial charge is 0.350 e. The van der Waals surface area contributed by atoms with E-state index in [0.717, 1.165) is 16.0 Å². The summed E-state index contributed by atoms with van der Waals surface area (Å²) >= 11 is 6.22. The average Bonchev–Trinajstić information content (AvgIpc) is 2.98. The van der Waals surface area contributed by atoms with Gasteiger partial charge in [0.15, 0.2) is 0 Å². The second-order valence-corrected chi connectivity index (χ2v) is 10.1. The Morgan fingerprint density at radius 3 is 2.14 bits per heavy atom. The molecule has 1 aromatic heterocycles. The molecule has 3 aromatic rings. The number of hydrogen-bond acceptors (Lipinski definition) is 7. The number of halogens is 1. The van der Waals surface area contributed by atoms with Crippen molar-refractivity contribution >= 4 is 50.8 Å². The van der Waals surface area contributed by atoms with E-state index in [1.807, 2.05) is 19.9 Å². The van der Waals surface area contributed by atoms with E-state index in [1.54, 1.807) is 32.0 Å². The van der Waals surface area contributed by atoms with Crippen molar-refractivity contribution in [1.82, 2.24) is 9.97 Å². The van der Waals surface area contributed by atoms with E-state index in [0.29, 0.717) is 22.8 Å². The van der Waals surface area contributed by atoms with Gasteiger partial charge in [0.25, 0.3) is 21.8 Å². The molecule has 0 saturated carbocycles. The van der Waals surface area contributed by atoms with E-state index in [-0.39, 0.29) is 21.6 Å². The van der Waals surface area contributed by atoms with Crippen molar-refractivity contribution in [3.63, 3.8) is 0 Å². The number of hydrogen-bond donors (Lipinski definition) is 2. The third-order valence-corrected chi connectivity index (χ3v) is 7.18. The topological polar surface area (TPSA) is 121 Å². The Hall–Kier alpha value is -3.76. The summed E-state index contributed by atoms with van der Waals surface area (Å²) in [6.45, 7) is 7.18. The molecule has 2 aromatic carbocycles. The van der Waals surface area contributed by atoms with Crippen molar-refractivity contribution in [2.24, 2.45) is 0 Å². The molecule has 0 aliphatic carbocycles. The summed E-state index contributed by atoms with van der Waals surface area (Å²) in [7, 11) is -3.94. The van der Waals surface area contributed by atoms with E-state index in [9.17, 15) is 18.0 Å². The highest BCUT2D eigenvalue weighted by molar-refractivity contribution is 7.92.